The summed E-state index contributed by atoms with van der Waals surface area (Å²) in [7, 11) is 1.33. The van der Waals surface area contributed by atoms with Crippen LogP contribution in [0.4, 0.5) is 5.82 Å². The van der Waals surface area contributed by atoms with E-state index in [1.165, 1.54) is 20.0 Å². The summed E-state index contributed by atoms with van der Waals surface area (Å²) in [4.78, 5) is 29.2. The van der Waals surface area contributed by atoms with Gasteiger partial charge in [-0.3, -0.25) is 4.90 Å². The highest BCUT2D eigenvalue weighted by molar-refractivity contribution is 6.30. The minimum atomic E-state index is -0.606. The van der Waals surface area contributed by atoms with Crippen LogP contribution in [0.25, 0.3) is 22.6 Å². The number of carbonyl (C=O) groups is 1. The van der Waals surface area contributed by atoms with E-state index in [9.17, 15) is 4.79 Å². The number of nitrogens with one attached hydrogen (secondary N) is 1. The lowest BCUT2D eigenvalue weighted by atomic mass is 10.1. The van der Waals surface area contributed by atoms with E-state index in [1.54, 1.807) is 0 Å². The molecule has 0 spiro atoms. The molecule has 11 heteroatoms. The monoisotopic (exact) mass is 618 g/mol. The van der Waals surface area contributed by atoms with Crippen LogP contribution < -0.4 is 10.1 Å². The van der Waals surface area contributed by atoms with Crippen LogP contribution >= 0.6 is 11.6 Å². The zero-order valence-electron chi connectivity index (χ0n) is 25.4. The molecule has 1 N–H and O–H groups in total. The molecular formula is C33H39ClN6O4. The minimum absolute atomic E-state index is 0.0274. The second-order valence-corrected chi connectivity index (χ2v) is 12.0. The van der Waals surface area contributed by atoms with Gasteiger partial charge in [0.2, 0.25) is 5.82 Å². The van der Waals surface area contributed by atoms with Gasteiger partial charge in [-0.05, 0) is 55.5 Å². The fourth-order valence-corrected chi connectivity index (χ4v) is 5.64. The van der Waals surface area contributed by atoms with Crippen molar-refractivity contribution in [3.8, 4) is 17.1 Å². The summed E-state index contributed by atoms with van der Waals surface area (Å²) in [6, 6.07) is 13.9. The molecule has 1 aliphatic carbocycles. The van der Waals surface area contributed by atoms with Gasteiger partial charge in [0.05, 0.1) is 32.5 Å². The Morgan fingerprint density at radius 2 is 1.89 bits per heavy atom. The number of carbonyl (C=O) groups excluding carboxylic acids is 1. The highest BCUT2D eigenvalue weighted by Gasteiger charge is 2.25. The van der Waals surface area contributed by atoms with E-state index in [0.717, 1.165) is 86.1 Å². The van der Waals surface area contributed by atoms with Crippen molar-refractivity contribution in [3.63, 3.8) is 0 Å². The van der Waals surface area contributed by atoms with Gasteiger partial charge in [0.25, 0.3) is 0 Å². The number of benzene rings is 2. The number of methoxy groups -OCH3 is 1. The fourth-order valence-electron chi connectivity index (χ4n) is 5.51. The Labute approximate surface area is 262 Å². The van der Waals surface area contributed by atoms with E-state index >= 15 is 0 Å². The molecule has 0 unspecified atom stereocenters. The van der Waals surface area contributed by atoms with Crippen molar-refractivity contribution in [2.45, 2.75) is 39.2 Å². The van der Waals surface area contributed by atoms with Crippen LogP contribution in [0.15, 0.2) is 42.5 Å². The molecule has 232 valence electrons. The Morgan fingerprint density at radius 1 is 1.09 bits per heavy atom. The smallest absolute Gasteiger partial charge is 0.376 e. The lowest BCUT2D eigenvalue weighted by molar-refractivity contribution is 0.0358. The number of esters is 1. The van der Waals surface area contributed by atoms with Gasteiger partial charge in [-0.2, -0.15) is 0 Å². The van der Waals surface area contributed by atoms with Crippen molar-refractivity contribution in [1.82, 2.24) is 24.4 Å². The zero-order valence-corrected chi connectivity index (χ0v) is 26.1. The molecule has 0 atom stereocenters. The lowest BCUT2D eigenvalue weighted by Gasteiger charge is -2.26. The minimum Gasteiger partial charge on any atom is -0.493 e. The summed E-state index contributed by atoms with van der Waals surface area (Å²) in [6.45, 7) is 8.29. The number of hydrogen-bond acceptors (Lipinski definition) is 9. The maximum atomic E-state index is 12.6. The van der Waals surface area contributed by atoms with Crippen LogP contribution in [0.3, 0.4) is 0 Å². The van der Waals surface area contributed by atoms with Crippen molar-refractivity contribution >= 4 is 34.6 Å². The summed E-state index contributed by atoms with van der Waals surface area (Å²) in [5.74, 6) is 2.10. The van der Waals surface area contributed by atoms with Gasteiger partial charge in [0.1, 0.15) is 17.1 Å². The molecule has 44 heavy (non-hydrogen) atoms. The lowest BCUT2D eigenvalue weighted by Crippen LogP contribution is -2.37. The number of fused-ring (bicyclic) bond motifs is 1. The first-order chi connectivity index (χ1) is 21.5. The standard InChI is InChI=1S/C33H39ClN6O4/c1-22-4-11-27(44-17-3-14-39-15-18-43-19-16-39)26(20-22)32-38-30-28(40(32)21-24-7-9-25(34)10-8-24)29(35-13-12-23-5-6-23)36-31(37-30)33(41)42-2/h4,7-11,20,23H,3,5-6,12-19,21H2,1-2H3,(H,35,36,37). The van der Waals surface area contributed by atoms with E-state index in [2.05, 4.69) is 37.7 Å². The van der Waals surface area contributed by atoms with E-state index < -0.39 is 5.97 Å². The number of anilines is 1. The van der Waals surface area contributed by atoms with Gasteiger partial charge in [-0.25, -0.2) is 19.7 Å². The average molecular weight is 619 g/mol. The van der Waals surface area contributed by atoms with Crippen molar-refractivity contribution in [2.24, 2.45) is 5.92 Å². The number of hydrogen-bond donors (Lipinski definition) is 1. The quantitative estimate of drug-likeness (QED) is 0.151. The highest BCUT2D eigenvalue weighted by Crippen LogP contribution is 2.36. The van der Waals surface area contributed by atoms with Crippen LogP contribution in [0.2, 0.25) is 5.02 Å². The third-order valence-corrected chi connectivity index (χ3v) is 8.37. The van der Waals surface area contributed by atoms with E-state index in [-0.39, 0.29) is 5.82 Å². The summed E-state index contributed by atoms with van der Waals surface area (Å²) < 4.78 is 19.0. The van der Waals surface area contributed by atoms with Gasteiger partial charge in [0, 0.05) is 37.7 Å². The Morgan fingerprint density at radius 3 is 2.64 bits per heavy atom. The van der Waals surface area contributed by atoms with E-state index in [4.69, 9.17) is 30.8 Å². The Balaban J connectivity index is 1.39. The third kappa shape index (κ3) is 7.31. The normalized spacial score (nSPS) is 15.4. The second-order valence-electron chi connectivity index (χ2n) is 11.5. The maximum Gasteiger partial charge on any atom is 0.376 e. The Bertz CT molecular complexity index is 1600. The van der Waals surface area contributed by atoms with Gasteiger partial charge in [-0.1, -0.05) is 48.2 Å². The molecule has 2 fully saturated rings. The number of morpholine rings is 1. The first-order valence-corrected chi connectivity index (χ1v) is 15.7. The first-order valence-electron chi connectivity index (χ1n) is 15.4. The number of rotatable bonds is 13. The van der Waals surface area contributed by atoms with Crippen LogP contribution in [0.1, 0.15) is 47.4 Å². The summed E-state index contributed by atoms with van der Waals surface area (Å²) in [6.07, 6.45) is 4.46. The molecule has 0 radical (unpaired) electrons. The third-order valence-electron chi connectivity index (χ3n) is 8.12. The average Bonchev–Trinajstić information content (AvgIpc) is 3.80. The molecule has 4 aromatic rings. The van der Waals surface area contributed by atoms with Crippen LogP contribution in [-0.2, 0) is 16.0 Å². The second kappa shape index (κ2) is 13.9. The highest BCUT2D eigenvalue weighted by atomic mass is 35.5. The molecular weight excluding hydrogens is 580 g/mol. The predicted molar refractivity (Wildman–Crippen MR) is 171 cm³/mol. The van der Waals surface area contributed by atoms with E-state index in [1.807, 2.05) is 36.4 Å². The molecule has 2 aromatic carbocycles. The Kier molecular flexibility index (Phi) is 9.59. The molecule has 0 bridgehead atoms. The van der Waals surface area contributed by atoms with Crippen molar-refractivity contribution in [1.29, 1.82) is 0 Å². The topological polar surface area (TPSA) is 104 Å². The molecule has 1 saturated carbocycles. The molecule has 6 rings (SSSR count). The molecule has 2 aliphatic rings. The number of imidazole rings is 1. The van der Waals surface area contributed by atoms with Crippen LogP contribution in [-0.4, -0.2) is 83.5 Å². The maximum absolute atomic E-state index is 12.6. The van der Waals surface area contributed by atoms with Crippen LogP contribution in [0, 0.1) is 12.8 Å². The number of aromatic nitrogens is 4. The number of nitrogens with zero attached hydrogens (tertiary/aromatic N) is 5. The SMILES string of the molecule is COC(=O)c1nc(NCCC2CC2)c2c(n1)nc(-c1cc(C)ccc1OCCCN1CCOCC1)n2Cc1ccc(Cl)cc1. The molecule has 10 nitrogen and oxygen atoms in total. The van der Waals surface area contributed by atoms with Gasteiger partial charge < -0.3 is 24.1 Å². The zero-order chi connectivity index (χ0) is 30.5. The Hall–Kier alpha value is -3.73. The van der Waals surface area contributed by atoms with Crippen molar-refractivity contribution in [3.05, 3.63) is 64.4 Å². The summed E-state index contributed by atoms with van der Waals surface area (Å²) in [5.41, 5.74) is 4.11. The van der Waals surface area contributed by atoms with E-state index in [0.29, 0.717) is 35.5 Å². The number of ether oxygens (including phenoxy) is 3. The molecule has 1 aliphatic heterocycles. The van der Waals surface area contributed by atoms with Crippen molar-refractivity contribution < 1.29 is 19.0 Å². The number of halogens is 1. The van der Waals surface area contributed by atoms with Gasteiger partial charge in [0.15, 0.2) is 11.5 Å². The summed E-state index contributed by atoms with van der Waals surface area (Å²) in [5, 5.41) is 4.16. The predicted octanol–water partition coefficient (Wildman–Crippen LogP) is 5.60. The summed E-state index contributed by atoms with van der Waals surface area (Å²) >= 11 is 6.22. The van der Waals surface area contributed by atoms with Crippen molar-refractivity contribution in [2.75, 3.05) is 58.4 Å². The van der Waals surface area contributed by atoms with Gasteiger partial charge in [-0.15, -0.1) is 0 Å². The fraction of sp³-hybridized carbons (Fsp3) is 0.455. The van der Waals surface area contributed by atoms with Crippen LogP contribution in [0.5, 0.6) is 5.75 Å². The first kappa shape index (κ1) is 30.3. The van der Waals surface area contributed by atoms with Gasteiger partial charge >= 0.3 is 5.97 Å². The molecule has 3 heterocycles. The molecule has 1 saturated heterocycles. The molecule has 2 aromatic heterocycles. The number of aryl methyl sites for hydroxylation is 1. The largest absolute Gasteiger partial charge is 0.493 e. The molecule has 0 amide bonds.